The van der Waals surface area contributed by atoms with Gasteiger partial charge >= 0.3 is 0 Å². The molecule has 3 aromatic rings. The van der Waals surface area contributed by atoms with Crippen LogP contribution in [0.25, 0.3) is 0 Å². The number of rotatable bonds is 7. The maximum absolute atomic E-state index is 12.4. The highest BCUT2D eigenvalue weighted by Crippen LogP contribution is 2.24. The third kappa shape index (κ3) is 5.17. The zero-order chi connectivity index (χ0) is 21.5. The minimum Gasteiger partial charge on any atom is -0.495 e. The quantitative estimate of drug-likeness (QED) is 0.600. The summed E-state index contributed by atoms with van der Waals surface area (Å²) >= 11 is 0. The standard InChI is InChI=1S/C24H24N2O4/c1-16-8-4-5-9-20(16)25-24(28)18-12-14-19(15-13-18)30-17(2)23(27)26-21-10-6-7-11-22(21)29-3/h4-15,17H,1-3H3,(H,25,28)(H,26,27). The highest BCUT2D eigenvalue weighted by molar-refractivity contribution is 6.04. The van der Waals surface area contributed by atoms with Crippen molar-refractivity contribution in [3.05, 3.63) is 83.9 Å². The molecule has 2 amide bonds. The number of amides is 2. The zero-order valence-corrected chi connectivity index (χ0v) is 17.1. The summed E-state index contributed by atoms with van der Waals surface area (Å²) in [5, 5.41) is 5.68. The molecule has 0 heterocycles. The second kappa shape index (κ2) is 9.60. The fourth-order valence-electron chi connectivity index (χ4n) is 2.83. The number of methoxy groups -OCH3 is 1. The molecule has 0 aliphatic rings. The molecule has 6 heteroatoms. The molecule has 0 radical (unpaired) electrons. The third-order valence-corrected chi connectivity index (χ3v) is 4.56. The molecule has 0 fully saturated rings. The molecule has 0 spiro atoms. The first-order valence-corrected chi connectivity index (χ1v) is 9.55. The van der Waals surface area contributed by atoms with Crippen LogP contribution in [0.5, 0.6) is 11.5 Å². The number of carbonyl (C=O) groups excluding carboxylic acids is 2. The van der Waals surface area contributed by atoms with Gasteiger partial charge in [-0.1, -0.05) is 30.3 Å². The number of benzene rings is 3. The van der Waals surface area contributed by atoms with Crippen LogP contribution in [0.2, 0.25) is 0 Å². The molecule has 0 bridgehead atoms. The molecule has 30 heavy (non-hydrogen) atoms. The van der Waals surface area contributed by atoms with Crippen LogP contribution in [0.3, 0.4) is 0 Å². The van der Waals surface area contributed by atoms with E-state index in [-0.39, 0.29) is 11.8 Å². The van der Waals surface area contributed by atoms with Gasteiger partial charge in [0, 0.05) is 11.3 Å². The predicted octanol–water partition coefficient (Wildman–Crippen LogP) is 4.66. The maximum Gasteiger partial charge on any atom is 0.265 e. The second-order valence-electron chi connectivity index (χ2n) is 6.74. The van der Waals surface area contributed by atoms with Crippen LogP contribution in [0.1, 0.15) is 22.8 Å². The van der Waals surface area contributed by atoms with Gasteiger partial charge in [-0.05, 0) is 61.9 Å². The summed E-state index contributed by atoms with van der Waals surface area (Å²) in [6.45, 7) is 3.59. The van der Waals surface area contributed by atoms with Crippen molar-refractivity contribution in [2.75, 3.05) is 17.7 Å². The minimum atomic E-state index is -0.735. The summed E-state index contributed by atoms with van der Waals surface area (Å²) < 4.78 is 10.9. The van der Waals surface area contributed by atoms with Crippen LogP contribution < -0.4 is 20.1 Å². The van der Waals surface area contributed by atoms with Crippen LogP contribution in [-0.2, 0) is 4.79 Å². The first kappa shape index (κ1) is 20.9. The lowest BCUT2D eigenvalue weighted by Crippen LogP contribution is -2.30. The number of para-hydroxylation sites is 3. The molecule has 0 saturated heterocycles. The Bertz CT molecular complexity index is 1030. The van der Waals surface area contributed by atoms with Gasteiger partial charge in [-0.2, -0.15) is 0 Å². The molecule has 0 aliphatic heterocycles. The number of nitrogens with one attached hydrogen (secondary N) is 2. The van der Waals surface area contributed by atoms with E-state index in [1.165, 1.54) is 0 Å². The normalized spacial score (nSPS) is 11.3. The SMILES string of the molecule is COc1ccccc1NC(=O)C(C)Oc1ccc(C(=O)Nc2ccccc2C)cc1. The highest BCUT2D eigenvalue weighted by Gasteiger charge is 2.17. The van der Waals surface area contributed by atoms with Crippen LogP contribution in [0.4, 0.5) is 11.4 Å². The first-order valence-electron chi connectivity index (χ1n) is 9.55. The number of hydrogen-bond acceptors (Lipinski definition) is 4. The summed E-state index contributed by atoms with van der Waals surface area (Å²) in [7, 11) is 1.54. The molecular weight excluding hydrogens is 380 g/mol. The Labute approximate surface area is 175 Å². The van der Waals surface area contributed by atoms with Crippen molar-refractivity contribution in [2.45, 2.75) is 20.0 Å². The Morgan fingerprint density at radius 1 is 0.833 bits per heavy atom. The summed E-state index contributed by atoms with van der Waals surface area (Å²) in [5.74, 6) is 0.547. The van der Waals surface area contributed by atoms with E-state index in [9.17, 15) is 9.59 Å². The van der Waals surface area contributed by atoms with Crippen molar-refractivity contribution >= 4 is 23.2 Å². The maximum atomic E-state index is 12.4. The van der Waals surface area contributed by atoms with Crippen molar-refractivity contribution in [2.24, 2.45) is 0 Å². The van der Waals surface area contributed by atoms with E-state index in [4.69, 9.17) is 9.47 Å². The van der Waals surface area contributed by atoms with Gasteiger partial charge in [0.15, 0.2) is 6.10 Å². The Morgan fingerprint density at radius 2 is 1.47 bits per heavy atom. The molecule has 0 aliphatic carbocycles. The lowest BCUT2D eigenvalue weighted by molar-refractivity contribution is -0.122. The summed E-state index contributed by atoms with van der Waals surface area (Å²) in [5.41, 5.74) is 2.82. The number of ether oxygens (including phenoxy) is 2. The van der Waals surface area contributed by atoms with Crippen molar-refractivity contribution in [1.29, 1.82) is 0 Å². The van der Waals surface area contributed by atoms with E-state index in [1.807, 2.05) is 43.3 Å². The van der Waals surface area contributed by atoms with E-state index < -0.39 is 6.10 Å². The van der Waals surface area contributed by atoms with Gasteiger partial charge in [-0.3, -0.25) is 9.59 Å². The lowest BCUT2D eigenvalue weighted by atomic mass is 10.1. The molecule has 1 unspecified atom stereocenters. The van der Waals surface area contributed by atoms with Crippen molar-refractivity contribution in [3.63, 3.8) is 0 Å². The molecule has 6 nitrogen and oxygen atoms in total. The molecule has 3 aromatic carbocycles. The molecule has 154 valence electrons. The highest BCUT2D eigenvalue weighted by atomic mass is 16.5. The summed E-state index contributed by atoms with van der Waals surface area (Å²) in [6, 6.07) is 21.4. The number of carbonyl (C=O) groups is 2. The van der Waals surface area contributed by atoms with E-state index in [0.717, 1.165) is 11.3 Å². The smallest absolute Gasteiger partial charge is 0.265 e. The topological polar surface area (TPSA) is 76.7 Å². The van der Waals surface area contributed by atoms with Gasteiger partial charge in [-0.15, -0.1) is 0 Å². The predicted molar refractivity (Wildman–Crippen MR) is 117 cm³/mol. The Morgan fingerprint density at radius 3 is 2.13 bits per heavy atom. The lowest BCUT2D eigenvalue weighted by Gasteiger charge is -2.16. The zero-order valence-electron chi connectivity index (χ0n) is 17.1. The average Bonchev–Trinajstić information content (AvgIpc) is 2.76. The third-order valence-electron chi connectivity index (χ3n) is 4.56. The molecular formula is C24H24N2O4. The van der Waals surface area contributed by atoms with E-state index in [0.29, 0.717) is 22.7 Å². The van der Waals surface area contributed by atoms with Crippen molar-refractivity contribution in [3.8, 4) is 11.5 Å². The molecule has 0 aromatic heterocycles. The molecule has 3 rings (SSSR count). The first-order chi connectivity index (χ1) is 14.5. The van der Waals surface area contributed by atoms with Crippen LogP contribution in [0.15, 0.2) is 72.8 Å². The number of anilines is 2. The van der Waals surface area contributed by atoms with E-state index >= 15 is 0 Å². The van der Waals surface area contributed by atoms with Crippen LogP contribution in [0, 0.1) is 6.92 Å². The summed E-state index contributed by atoms with van der Waals surface area (Å²) in [4.78, 5) is 24.9. The van der Waals surface area contributed by atoms with Crippen molar-refractivity contribution in [1.82, 2.24) is 0 Å². The van der Waals surface area contributed by atoms with Gasteiger partial charge in [0.1, 0.15) is 11.5 Å². The molecule has 1 atom stereocenters. The summed E-state index contributed by atoms with van der Waals surface area (Å²) in [6.07, 6.45) is -0.735. The van der Waals surface area contributed by atoms with E-state index in [2.05, 4.69) is 10.6 Å². The second-order valence-corrected chi connectivity index (χ2v) is 6.74. The molecule has 0 saturated carbocycles. The van der Waals surface area contributed by atoms with Gasteiger partial charge in [0.2, 0.25) is 0 Å². The van der Waals surface area contributed by atoms with Gasteiger partial charge in [0.05, 0.1) is 12.8 Å². The van der Waals surface area contributed by atoms with Crippen molar-refractivity contribution < 1.29 is 19.1 Å². The van der Waals surface area contributed by atoms with Crippen LogP contribution >= 0.6 is 0 Å². The van der Waals surface area contributed by atoms with Gasteiger partial charge < -0.3 is 20.1 Å². The average molecular weight is 404 g/mol. The minimum absolute atomic E-state index is 0.210. The Kier molecular flexibility index (Phi) is 6.70. The van der Waals surface area contributed by atoms with Crippen LogP contribution in [-0.4, -0.2) is 25.0 Å². The monoisotopic (exact) mass is 404 g/mol. The Hall–Kier alpha value is -3.80. The largest absolute Gasteiger partial charge is 0.495 e. The van der Waals surface area contributed by atoms with Gasteiger partial charge in [-0.25, -0.2) is 0 Å². The fourth-order valence-corrected chi connectivity index (χ4v) is 2.83. The fraction of sp³-hybridized carbons (Fsp3) is 0.167. The van der Waals surface area contributed by atoms with Gasteiger partial charge in [0.25, 0.3) is 11.8 Å². The number of hydrogen-bond donors (Lipinski definition) is 2. The van der Waals surface area contributed by atoms with E-state index in [1.54, 1.807) is 50.4 Å². The molecule has 2 N–H and O–H groups in total. The Balaban J connectivity index is 1.60. The number of aryl methyl sites for hydroxylation is 1.